The van der Waals surface area contributed by atoms with Crippen molar-refractivity contribution in [2.45, 2.75) is 256 Å². The molecule has 124 heavy (non-hydrogen) atoms. The monoisotopic (exact) mass is 1770 g/mol. The molecule has 0 unspecified atom stereocenters. The molecular weight excluding hydrogens is 1630 g/mol. The van der Waals surface area contributed by atoms with E-state index in [1.165, 1.54) is 0 Å². The van der Waals surface area contributed by atoms with E-state index < -0.39 is 179 Å². The molecular formula is C78H141N31O14S. The minimum Gasteiger partial charge on any atom is -0.480 e. The average molecular weight is 1770 g/mol. The van der Waals surface area contributed by atoms with Crippen molar-refractivity contribution in [3.8, 4) is 0 Å². The van der Waals surface area contributed by atoms with Gasteiger partial charge < -0.3 is 148 Å². The second-order valence-electron chi connectivity index (χ2n) is 31.2. The summed E-state index contributed by atoms with van der Waals surface area (Å²) in [4.78, 5) is 210. The predicted molar refractivity (Wildman–Crippen MR) is 479 cm³/mol. The number of unbranched alkanes of at least 4 members (excludes halogenated alkanes) is 2. The summed E-state index contributed by atoms with van der Waals surface area (Å²) < 4.78 is 0. The van der Waals surface area contributed by atoms with Crippen LogP contribution in [0.3, 0.4) is 0 Å². The zero-order valence-electron chi connectivity index (χ0n) is 72.7. The van der Waals surface area contributed by atoms with Gasteiger partial charge in [0.2, 0.25) is 70.9 Å². The summed E-state index contributed by atoms with van der Waals surface area (Å²) in [5.74, 6) is -15.9. The summed E-state index contributed by atoms with van der Waals surface area (Å²) in [7, 11) is 0. The first-order valence-electron chi connectivity index (χ1n) is 42.1. The Kier molecular flexibility index (Phi) is 51.2. The largest absolute Gasteiger partial charge is 0.480 e. The van der Waals surface area contributed by atoms with Gasteiger partial charge in [-0.3, -0.25) is 82.5 Å². The van der Waals surface area contributed by atoms with Crippen molar-refractivity contribution in [2.75, 3.05) is 51.6 Å². The Bertz CT molecular complexity index is 3900. The molecule has 1 heterocycles. The Morgan fingerprint density at radius 3 is 0.968 bits per heavy atom. The van der Waals surface area contributed by atoms with E-state index in [0.29, 0.717) is 55.1 Å². The van der Waals surface area contributed by atoms with Crippen molar-refractivity contribution < 1.29 is 67.4 Å². The number of aromatic amines is 1. The molecule has 2 rings (SSSR count). The predicted octanol–water partition coefficient (Wildman–Crippen LogP) is -6.20. The smallest absolute Gasteiger partial charge is 0.327 e. The highest BCUT2D eigenvalue weighted by Gasteiger charge is 2.40. The van der Waals surface area contributed by atoms with Gasteiger partial charge in [0.25, 0.3) is 0 Å². The number of nitrogens with one attached hydrogen (secondary N) is 13. The second-order valence-corrected chi connectivity index (χ2v) is 31.6. The number of carboxylic acid groups (broad SMARTS) is 1. The van der Waals surface area contributed by atoms with Gasteiger partial charge in [0, 0.05) is 62.0 Å². The molecule has 0 saturated heterocycles. The van der Waals surface area contributed by atoms with E-state index in [-0.39, 0.29) is 165 Å². The number of carbonyl (C=O) groups excluding carboxylic acids is 12. The van der Waals surface area contributed by atoms with Crippen molar-refractivity contribution in [3.05, 3.63) is 36.0 Å². The summed E-state index contributed by atoms with van der Waals surface area (Å²) >= 11 is 4.03. The van der Waals surface area contributed by atoms with E-state index in [0.717, 1.165) is 0 Å². The highest BCUT2D eigenvalue weighted by molar-refractivity contribution is 7.80. The lowest BCUT2D eigenvalue weighted by Crippen LogP contribution is -2.62. The number of amides is 12. The Morgan fingerprint density at radius 1 is 0.363 bits per heavy atom. The lowest BCUT2D eigenvalue weighted by atomic mass is 9.95. The number of carbonyl (C=O) groups is 13. The number of benzene rings is 1. The van der Waals surface area contributed by atoms with Crippen LogP contribution >= 0.6 is 12.6 Å². The fourth-order valence-corrected chi connectivity index (χ4v) is 13.1. The Labute approximate surface area is 729 Å². The zero-order valence-corrected chi connectivity index (χ0v) is 73.6. The number of carboxylic acids is 1. The van der Waals surface area contributed by atoms with Gasteiger partial charge in [0.05, 0.1) is 6.04 Å². The highest BCUT2D eigenvalue weighted by atomic mass is 32.1. The third kappa shape index (κ3) is 41.1. The molecule has 46 heteroatoms. The van der Waals surface area contributed by atoms with Gasteiger partial charge in [-0.25, -0.2) is 4.79 Å². The van der Waals surface area contributed by atoms with Crippen molar-refractivity contribution in [1.29, 1.82) is 0 Å². The van der Waals surface area contributed by atoms with Crippen molar-refractivity contribution in [1.82, 2.24) is 68.8 Å². The number of fused-ring (bicyclic) bond motifs is 1. The van der Waals surface area contributed by atoms with Crippen LogP contribution in [-0.4, -0.2) is 247 Å². The molecule has 15 atom stereocenters. The minimum absolute atomic E-state index is 0.0109. The quantitative estimate of drug-likeness (QED) is 0.0127. The molecule has 45 nitrogen and oxygen atoms in total. The number of aliphatic imine (C=N–C) groups is 5. The van der Waals surface area contributed by atoms with Crippen LogP contribution in [-0.2, 0) is 68.7 Å². The molecule has 0 aliphatic heterocycles. The molecule has 1 aromatic carbocycles. The maximum absolute atomic E-state index is 15.1. The van der Waals surface area contributed by atoms with Gasteiger partial charge in [-0.05, 0) is 145 Å². The number of aromatic nitrogens is 1. The second kappa shape index (κ2) is 58.5. The van der Waals surface area contributed by atoms with Gasteiger partial charge in [0.1, 0.15) is 72.5 Å². The van der Waals surface area contributed by atoms with Crippen LogP contribution in [0.1, 0.15) is 177 Å². The standard InChI is InChI=1S/C78H141N31O14S/c1-9-43(7)59(108-67(116)52(28-19-35-94-76(86)87)100-68(117)55(38-45-39-97-48-24-12-11-22-46(45)48)104-63(112)50(26-17-33-92-74(82)83)98-61(110)47(81)23-13-15-31-79)71(120)103-54(30-21-37-96-78(90)91)66(115)106-57(41(3)4)69(118)101-53(29-20-36-95-77(88)89)65(114)107-58(42(5)6)70(119)109-60(44(8)10-2)72(121)102-51(27-18-34-93-75(84)85)62(111)99-49(25-14-16-32-80)64(113)105-56(40-124)73(122)123/h11-12,22,24,39,41-44,47,49-60,97,124H,9-10,13-21,23,25-38,40,79-81H2,1-8H3,(H,98,110)(H,99,111)(H,100,117)(H,101,118)(H,102,121)(H,103,120)(H,104,112)(H,105,113)(H,106,115)(H,107,114)(H,108,116)(H,109,119)(H,122,123)(H4,82,83,92)(H4,84,85,93)(H4,86,87,94)(H4,88,89,95)(H4,90,91,96)/t43-,44-,47-,49-,50-,51-,52-,53-,54-,55-,56-,57-,58-,59-,60-/m0/s1. The first-order chi connectivity index (χ1) is 58.6. The Morgan fingerprint density at radius 2 is 0.637 bits per heavy atom. The number of hydrogen-bond donors (Lipinski definition) is 28. The molecule has 0 bridgehead atoms. The Hall–Kier alpha value is -11.5. The Balaban J connectivity index is 2.71. The number of nitrogens with two attached hydrogens (primary N) is 13. The van der Waals surface area contributed by atoms with Gasteiger partial charge in [0.15, 0.2) is 29.8 Å². The number of nitrogens with zero attached hydrogens (tertiary/aromatic N) is 5. The maximum Gasteiger partial charge on any atom is 0.327 e. The summed E-state index contributed by atoms with van der Waals surface area (Å²) in [5.41, 5.74) is 75.3. The van der Waals surface area contributed by atoms with Gasteiger partial charge in [-0.2, -0.15) is 12.6 Å². The molecule has 698 valence electrons. The van der Waals surface area contributed by atoms with Crippen LogP contribution in [0.15, 0.2) is 55.4 Å². The van der Waals surface area contributed by atoms with Crippen LogP contribution in [0.2, 0.25) is 0 Å². The molecule has 0 spiro atoms. The average Bonchev–Trinajstić information content (AvgIpc) is 1.65. The molecule has 12 amide bonds. The first-order valence-corrected chi connectivity index (χ1v) is 42.7. The summed E-state index contributed by atoms with van der Waals surface area (Å²) in [6.07, 6.45) is 4.17. The van der Waals surface area contributed by atoms with Gasteiger partial charge in [-0.15, -0.1) is 0 Å². The fraction of sp³-hybridized carbons (Fsp3) is 0.667. The lowest BCUT2D eigenvalue weighted by molar-refractivity contribution is -0.141. The van der Waals surface area contributed by atoms with Gasteiger partial charge in [-0.1, -0.05) is 92.9 Å². The number of aliphatic carboxylic acids is 1. The molecule has 0 saturated carbocycles. The molecule has 0 aliphatic carbocycles. The highest BCUT2D eigenvalue weighted by Crippen LogP contribution is 2.22. The van der Waals surface area contributed by atoms with Gasteiger partial charge >= 0.3 is 5.97 Å². The minimum atomic E-state index is -1.50. The number of rotatable bonds is 62. The number of para-hydroxylation sites is 1. The molecule has 0 fully saturated rings. The van der Waals surface area contributed by atoms with Crippen LogP contribution < -0.4 is 138 Å². The van der Waals surface area contributed by atoms with E-state index in [1.54, 1.807) is 73.7 Å². The van der Waals surface area contributed by atoms with Crippen LogP contribution in [0, 0.1) is 23.7 Å². The van der Waals surface area contributed by atoms with E-state index in [9.17, 15) is 53.1 Å². The molecule has 2 aromatic rings. The van der Waals surface area contributed by atoms with Crippen molar-refractivity contribution in [2.24, 2.45) is 123 Å². The van der Waals surface area contributed by atoms with E-state index in [4.69, 9.17) is 74.5 Å². The van der Waals surface area contributed by atoms with Crippen molar-refractivity contribution >= 4 is 130 Å². The normalized spacial score (nSPS) is 14.8. The molecule has 40 N–H and O–H groups in total. The summed E-state index contributed by atoms with van der Waals surface area (Å²) in [6.45, 7) is 13.8. The number of hydrogen-bond acceptors (Lipinski definition) is 22. The molecule has 0 aliphatic rings. The third-order valence-electron chi connectivity index (χ3n) is 20.4. The maximum atomic E-state index is 15.1. The van der Waals surface area contributed by atoms with E-state index >= 15 is 14.4 Å². The summed E-state index contributed by atoms with van der Waals surface area (Å²) in [5, 5.41) is 42.8. The van der Waals surface area contributed by atoms with Crippen molar-refractivity contribution in [3.63, 3.8) is 0 Å². The van der Waals surface area contributed by atoms with Crippen LogP contribution in [0.25, 0.3) is 10.9 Å². The lowest BCUT2D eigenvalue weighted by Gasteiger charge is -2.31. The third-order valence-corrected chi connectivity index (χ3v) is 20.8. The van der Waals surface area contributed by atoms with Crippen LogP contribution in [0.5, 0.6) is 0 Å². The van der Waals surface area contributed by atoms with Crippen LogP contribution in [0.4, 0.5) is 0 Å². The summed E-state index contributed by atoms with van der Waals surface area (Å²) in [6, 6.07) is -10.8. The SMILES string of the molecule is CC[C@H](C)[C@H](NC(=O)[C@H](CCCN=C(N)N)NC(=O)[C@H](Cc1c[nH]c2ccccc12)NC(=O)[C@H](CCCN=C(N)N)NC(=O)[C@@H](N)CCCCN)C(=O)N[C@@H](CCCN=C(N)N)C(=O)N[C@H](C(=O)N[C@@H](CCCN=C(N)N)C(=O)N[C@H](C(=O)N[C@H](C(=O)N[C@@H](CCCN=C(N)N)C(=O)N[C@@H](CCCCN)C(=O)N[C@@H](CS)C(=O)O)[C@@H](C)CC)C(C)C)C(C)C. The van der Waals surface area contributed by atoms with E-state index in [1.807, 2.05) is 12.1 Å². The van der Waals surface area contributed by atoms with E-state index in [2.05, 4.69) is 106 Å². The number of thiol groups is 1. The molecule has 1 aromatic heterocycles. The first kappa shape index (κ1) is 109. The zero-order chi connectivity index (χ0) is 93.3. The topological polar surface area (TPSA) is 802 Å². The number of guanidine groups is 5. The number of H-pyrrole nitrogens is 1. The molecule has 0 radical (unpaired) electrons. The fourth-order valence-electron chi connectivity index (χ4n) is 12.8.